The van der Waals surface area contributed by atoms with E-state index in [9.17, 15) is 0 Å². The molecule has 0 radical (unpaired) electrons. The molecule has 2 aromatic carbocycles. The Balaban J connectivity index is 1.29. The number of halogens is 1. The maximum absolute atomic E-state index is 5.91. The Labute approximate surface area is 171 Å². The Morgan fingerprint density at radius 3 is 1.44 bits per heavy atom. The van der Waals surface area contributed by atoms with Crippen molar-refractivity contribution >= 4 is 0 Å². The number of hydrogen-bond donors (Lipinski definition) is 0. The Morgan fingerprint density at radius 1 is 0.630 bits per heavy atom. The van der Waals surface area contributed by atoms with E-state index in [1.165, 1.54) is 20.0 Å². The molecule has 0 N–H and O–H groups in total. The van der Waals surface area contributed by atoms with Crippen molar-refractivity contribution < 1.29 is 40.2 Å². The molecule has 4 rings (SSSR count). The molecule has 2 aliphatic heterocycles. The van der Waals surface area contributed by atoms with Crippen LogP contribution in [-0.2, 0) is 9.47 Å². The van der Waals surface area contributed by atoms with E-state index >= 15 is 0 Å². The highest BCUT2D eigenvalue weighted by Crippen LogP contribution is 2.19. The molecule has 0 aliphatic carbocycles. The number of rotatable bonds is 6. The molecule has 0 bridgehead atoms. The average molecular weight is 481 g/mol. The van der Waals surface area contributed by atoms with Crippen molar-refractivity contribution in [1.82, 2.24) is 0 Å². The quantitative estimate of drug-likeness (QED) is 0.588. The largest absolute Gasteiger partial charge is 0.465 e. The molecular formula is C22H26IO4+. The summed E-state index contributed by atoms with van der Waals surface area (Å²) in [6, 6.07) is 16.9. The molecule has 27 heavy (non-hydrogen) atoms. The second-order valence-corrected chi connectivity index (χ2v) is 9.86. The van der Waals surface area contributed by atoms with Crippen LogP contribution in [0.15, 0.2) is 48.5 Å². The first-order valence-electron chi connectivity index (χ1n) is 9.77. The summed E-state index contributed by atoms with van der Waals surface area (Å²) in [6.07, 6.45) is 6.44. The minimum Gasteiger partial charge on any atom is -0.465 e. The molecule has 2 heterocycles. The van der Waals surface area contributed by atoms with Crippen LogP contribution < -0.4 is 30.7 Å². The lowest BCUT2D eigenvalue weighted by Gasteiger charge is -2.23. The number of ether oxygens (including phenoxy) is 4. The lowest BCUT2D eigenvalue weighted by molar-refractivity contribution is -0.597. The van der Waals surface area contributed by atoms with Crippen LogP contribution in [0, 0.1) is 7.14 Å². The second kappa shape index (κ2) is 9.75. The molecule has 2 fully saturated rings. The zero-order chi connectivity index (χ0) is 18.3. The van der Waals surface area contributed by atoms with Gasteiger partial charge in [0.1, 0.15) is 11.5 Å². The third-order valence-electron chi connectivity index (χ3n) is 4.66. The number of benzene rings is 2. The van der Waals surface area contributed by atoms with Crippen molar-refractivity contribution in [3.05, 3.63) is 55.7 Å². The zero-order valence-corrected chi connectivity index (χ0v) is 17.6. The highest BCUT2D eigenvalue weighted by molar-refractivity contribution is 5.22. The zero-order valence-electron chi connectivity index (χ0n) is 15.4. The van der Waals surface area contributed by atoms with Crippen LogP contribution in [-0.4, -0.2) is 25.8 Å². The molecule has 0 saturated carbocycles. The molecule has 0 spiro atoms. The predicted molar refractivity (Wildman–Crippen MR) is 98.7 cm³/mol. The van der Waals surface area contributed by atoms with Crippen molar-refractivity contribution in [2.24, 2.45) is 0 Å². The van der Waals surface area contributed by atoms with E-state index in [2.05, 4.69) is 48.5 Å². The van der Waals surface area contributed by atoms with E-state index in [0.29, 0.717) is 0 Å². The normalized spacial score (nSPS) is 23.0. The molecule has 2 atom stereocenters. The molecule has 2 aliphatic rings. The summed E-state index contributed by atoms with van der Waals surface area (Å²) in [5.41, 5.74) is 0. The SMILES string of the molecule is c1cc([I+]c2ccc(OC3CCCCO3)cc2)ccc1OC1CCCCO1. The second-order valence-electron chi connectivity index (χ2n) is 6.83. The highest BCUT2D eigenvalue weighted by Gasteiger charge is 2.19. The maximum Gasteiger partial charge on any atom is 0.357 e. The lowest BCUT2D eigenvalue weighted by atomic mass is 10.2. The van der Waals surface area contributed by atoms with Crippen LogP contribution in [0.4, 0.5) is 0 Å². The smallest absolute Gasteiger partial charge is 0.357 e. The van der Waals surface area contributed by atoms with Gasteiger partial charge in [0.2, 0.25) is 0 Å². The molecule has 2 saturated heterocycles. The van der Waals surface area contributed by atoms with Gasteiger partial charge < -0.3 is 18.9 Å². The summed E-state index contributed by atoms with van der Waals surface area (Å²) in [5, 5.41) is 0. The third-order valence-corrected chi connectivity index (χ3v) is 7.34. The van der Waals surface area contributed by atoms with Crippen molar-refractivity contribution in [2.45, 2.75) is 51.1 Å². The minimum atomic E-state index is -0.212. The molecule has 144 valence electrons. The van der Waals surface area contributed by atoms with E-state index in [0.717, 1.165) is 50.4 Å². The van der Waals surface area contributed by atoms with Gasteiger partial charge in [-0.3, -0.25) is 0 Å². The van der Waals surface area contributed by atoms with Crippen molar-refractivity contribution in [1.29, 1.82) is 0 Å². The fourth-order valence-electron chi connectivity index (χ4n) is 3.19. The predicted octanol–water partition coefficient (Wildman–Crippen LogP) is 1.63. The van der Waals surface area contributed by atoms with Gasteiger partial charge >= 0.3 is 21.2 Å². The fourth-order valence-corrected chi connectivity index (χ4v) is 5.35. The van der Waals surface area contributed by atoms with Crippen LogP contribution in [0.1, 0.15) is 38.5 Å². The van der Waals surface area contributed by atoms with Gasteiger partial charge in [-0.05, 0) is 74.2 Å². The van der Waals surface area contributed by atoms with Gasteiger partial charge in [0, 0.05) is 12.8 Å². The number of hydrogen-bond acceptors (Lipinski definition) is 4. The molecule has 5 heteroatoms. The van der Waals surface area contributed by atoms with Crippen molar-refractivity contribution in [3.8, 4) is 11.5 Å². The van der Waals surface area contributed by atoms with Gasteiger partial charge in [-0.1, -0.05) is 0 Å². The summed E-state index contributed by atoms with van der Waals surface area (Å²) < 4.78 is 25.8. The topological polar surface area (TPSA) is 36.9 Å². The van der Waals surface area contributed by atoms with Gasteiger partial charge in [-0.2, -0.15) is 0 Å². The van der Waals surface area contributed by atoms with Crippen LogP contribution >= 0.6 is 0 Å². The summed E-state index contributed by atoms with van der Waals surface area (Å²) in [4.78, 5) is 0. The first kappa shape index (κ1) is 19.0. The van der Waals surface area contributed by atoms with Crippen molar-refractivity contribution in [3.63, 3.8) is 0 Å². The lowest BCUT2D eigenvalue weighted by Crippen LogP contribution is -3.61. The van der Waals surface area contributed by atoms with Crippen LogP contribution in [0.3, 0.4) is 0 Å². The summed E-state index contributed by atoms with van der Waals surface area (Å²) in [7, 11) is 0. The van der Waals surface area contributed by atoms with E-state index in [1.807, 2.05) is 0 Å². The van der Waals surface area contributed by atoms with Crippen LogP contribution in [0.25, 0.3) is 0 Å². The molecular weight excluding hydrogens is 455 g/mol. The van der Waals surface area contributed by atoms with Crippen molar-refractivity contribution in [2.75, 3.05) is 13.2 Å². The van der Waals surface area contributed by atoms with Crippen LogP contribution in [0.2, 0.25) is 0 Å². The standard InChI is InChI=1S/C22H26IO4/c1-3-15-24-21(5-1)26-19-11-7-17(8-12-19)23-18-9-13-20(14-10-18)27-22-6-2-4-16-25-22/h7-14,21-22H,1-6,15-16H2/q+1. The molecule has 0 aromatic heterocycles. The van der Waals surface area contributed by atoms with Gasteiger partial charge in [0.25, 0.3) is 0 Å². The van der Waals surface area contributed by atoms with E-state index < -0.39 is 0 Å². The summed E-state index contributed by atoms with van der Waals surface area (Å²) in [6.45, 7) is 1.61. The van der Waals surface area contributed by atoms with E-state index in [4.69, 9.17) is 18.9 Å². The highest BCUT2D eigenvalue weighted by atomic mass is 127. The van der Waals surface area contributed by atoms with Crippen LogP contribution in [0.5, 0.6) is 11.5 Å². The summed E-state index contributed by atoms with van der Waals surface area (Å²) >= 11 is -0.212. The van der Waals surface area contributed by atoms with Gasteiger partial charge in [-0.15, -0.1) is 0 Å². The Morgan fingerprint density at radius 2 is 1.07 bits per heavy atom. The Hall–Kier alpha value is -1.31. The van der Waals surface area contributed by atoms with E-state index in [1.54, 1.807) is 0 Å². The Bertz CT molecular complexity index is 628. The monoisotopic (exact) mass is 481 g/mol. The third kappa shape index (κ3) is 5.83. The van der Waals surface area contributed by atoms with Gasteiger partial charge in [0.05, 0.1) is 13.2 Å². The van der Waals surface area contributed by atoms with E-state index in [-0.39, 0.29) is 33.8 Å². The van der Waals surface area contributed by atoms with Gasteiger partial charge in [0.15, 0.2) is 19.7 Å². The van der Waals surface area contributed by atoms with Gasteiger partial charge in [-0.25, -0.2) is 0 Å². The molecule has 2 unspecified atom stereocenters. The molecule has 2 aromatic rings. The fraction of sp³-hybridized carbons (Fsp3) is 0.455. The minimum absolute atomic E-state index is 0.0833. The maximum atomic E-state index is 5.91. The molecule has 4 nitrogen and oxygen atoms in total. The Kier molecular flexibility index (Phi) is 6.87. The first-order valence-corrected chi connectivity index (χ1v) is 11.9. The summed E-state index contributed by atoms with van der Waals surface area (Å²) in [5.74, 6) is 1.79. The average Bonchev–Trinajstić information content (AvgIpc) is 2.73. The first-order chi connectivity index (χ1) is 13.3. The molecule has 0 amide bonds.